The van der Waals surface area contributed by atoms with Crippen molar-refractivity contribution in [3.8, 4) is 0 Å². The van der Waals surface area contributed by atoms with Gasteiger partial charge in [-0.15, -0.1) is 0 Å². The molecule has 212 valence electrons. The molecule has 3 aliphatic rings. The first-order valence-electron chi connectivity index (χ1n) is 12.2. The molecule has 14 heteroatoms. The summed E-state index contributed by atoms with van der Waals surface area (Å²) in [7, 11) is 0. The standard InChI is InChI=1S/3C8H12O4.2Ce/c3*9-7(10)5-1-2-6(4-3-5)8(11)12;;/h3*5-6H,1-4H2,(H,9,10)(H,11,12);;. The molecule has 0 amide bonds. The van der Waals surface area contributed by atoms with Gasteiger partial charge in [-0.2, -0.15) is 0 Å². The number of carbonyl (C=O) groups is 6. The third-order valence-corrected chi connectivity index (χ3v) is 7.28. The average Bonchev–Trinajstić information content (AvgIpc) is 2.84. The summed E-state index contributed by atoms with van der Waals surface area (Å²) < 4.78 is 0. The molecule has 0 saturated heterocycles. The SMILES string of the molecule is O=C(O)C1CCC(C(=O)O)CC1.O=C(O)C1CCC(C(=O)O)CC1.O=C(O)C1CCC(C(=O)O)CC1.[Ce].[Ce]. The Balaban J connectivity index is 0. The Morgan fingerprint density at radius 1 is 0.289 bits per heavy atom. The Labute approximate surface area is 288 Å². The Kier molecular flexibility index (Phi) is 21.4. The summed E-state index contributed by atoms with van der Waals surface area (Å²) in [6.07, 6.45) is 6.07. The minimum absolute atomic E-state index is 0. The summed E-state index contributed by atoms with van der Waals surface area (Å²) in [5.74, 6) is -6.67. The minimum atomic E-state index is -0.793. The van der Waals surface area contributed by atoms with Crippen LogP contribution in [0.4, 0.5) is 0 Å². The van der Waals surface area contributed by atoms with Crippen molar-refractivity contribution in [2.45, 2.75) is 77.0 Å². The van der Waals surface area contributed by atoms with Crippen molar-refractivity contribution in [2.24, 2.45) is 35.5 Å². The molecule has 0 aromatic carbocycles. The topological polar surface area (TPSA) is 224 Å². The molecule has 0 unspecified atom stereocenters. The fourth-order valence-corrected chi connectivity index (χ4v) is 4.76. The molecule has 0 aromatic rings. The van der Waals surface area contributed by atoms with E-state index in [9.17, 15) is 28.8 Å². The van der Waals surface area contributed by atoms with Crippen molar-refractivity contribution < 1.29 is 143 Å². The van der Waals surface area contributed by atoms with E-state index in [4.69, 9.17) is 30.6 Å². The van der Waals surface area contributed by atoms with E-state index in [1.165, 1.54) is 0 Å². The van der Waals surface area contributed by atoms with Gasteiger partial charge in [0.1, 0.15) is 0 Å². The van der Waals surface area contributed by atoms with Gasteiger partial charge >= 0.3 is 35.8 Å². The zero-order valence-electron chi connectivity index (χ0n) is 21.1. The smallest absolute Gasteiger partial charge is 0.306 e. The molecule has 12 nitrogen and oxygen atoms in total. The van der Waals surface area contributed by atoms with Crippen molar-refractivity contribution >= 4 is 35.8 Å². The molecule has 0 atom stereocenters. The first kappa shape index (κ1) is 39.7. The normalized spacial score (nSPS) is 28.1. The molecular formula is C24H36Ce2O12. The molecule has 3 fully saturated rings. The average molecular weight is 797 g/mol. The summed E-state index contributed by atoms with van der Waals surface area (Å²) >= 11 is 0. The van der Waals surface area contributed by atoms with Gasteiger partial charge in [-0.3, -0.25) is 28.8 Å². The molecule has 0 aromatic heterocycles. The van der Waals surface area contributed by atoms with Crippen molar-refractivity contribution in [1.29, 1.82) is 0 Å². The second kappa shape index (κ2) is 20.4. The summed E-state index contributed by atoms with van der Waals surface area (Å²) in [4.78, 5) is 62.9. The van der Waals surface area contributed by atoms with Gasteiger partial charge in [-0.25, -0.2) is 0 Å². The number of carboxylic acid groups (broad SMARTS) is 6. The summed E-state index contributed by atoms with van der Waals surface area (Å²) in [5.41, 5.74) is 0. The largest absolute Gasteiger partial charge is 0.481 e. The van der Waals surface area contributed by atoms with Crippen LogP contribution in [0.5, 0.6) is 0 Å². The van der Waals surface area contributed by atoms with Gasteiger partial charge in [0, 0.05) is 83.5 Å². The molecule has 0 heterocycles. The molecule has 38 heavy (non-hydrogen) atoms. The van der Waals surface area contributed by atoms with Crippen LogP contribution in [0.2, 0.25) is 0 Å². The molecule has 6 N–H and O–H groups in total. The van der Waals surface area contributed by atoms with E-state index in [0.29, 0.717) is 77.0 Å². The van der Waals surface area contributed by atoms with Crippen molar-refractivity contribution in [2.75, 3.05) is 0 Å². The molecule has 0 bridgehead atoms. The number of carboxylic acids is 6. The predicted molar refractivity (Wildman–Crippen MR) is 122 cm³/mol. The van der Waals surface area contributed by atoms with Crippen molar-refractivity contribution in [1.82, 2.24) is 0 Å². The summed E-state index contributed by atoms with van der Waals surface area (Å²) in [5, 5.41) is 51.7. The van der Waals surface area contributed by atoms with Gasteiger partial charge in [0.15, 0.2) is 0 Å². The zero-order valence-corrected chi connectivity index (χ0v) is 27.4. The molecule has 0 spiro atoms. The maximum Gasteiger partial charge on any atom is 0.306 e. The Morgan fingerprint density at radius 2 is 0.368 bits per heavy atom. The van der Waals surface area contributed by atoms with Crippen LogP contribution in [0.1, 0.15) is 77.0 Å². The maximum absolute atomic E-state index is 10.5. The van der Waals surface area contributed by atoms with Gasteiger partial charge in [-0.05, 0) is 77.0 Å². The number of hydrogen-bond donors (Lipinski definition) is 6. The van der Waals surface area contributed by atoms with Gasteiger partial charge in [0.05, 0.1) is 35.5 Å². The third kappa shape index (κ3) is 14.8. The fourth-order valence-electron chi connectivity index (χ4n) is 4.76. The van der Waals surface area contributed by atoms with Crippen LogP contribution in [0, 0.1) is 119 Å². The van der Waals surface area contributed by atoms with E-state index in [0.717, 1.165) is 0 Å². The fraction of sp³-hybridized carbons (Fsp3) is 0.750. The Morgan fingerprint density at radius 3 is 0.421 bits per heavy atom. The summed E-state index contributed by atoms with van der Waals surface area (Å²) in [6.45, 7) is 0. The number of hydrogen-bond acceptors (Lipinski definition) is 6. The van der Waals surface area contributed by atoms with E-state index >= 15 is 0 Å². The first-order chi connectivity index (χ1) is 16.8. The summed E-state index contributed by atoms with van der Waals surface area (Å²) in [6, 6.07) is 0. The maximum atomic E-state index is 10.5. The van der Waals surface area contributed by atoms with E-state index in [2.05, 4.69) is 0 Å². The Bertz CT molecular complexity index is 624. The molecule has 3 aliphatic carbocycles. The van der Waals surface area contributed by atoms with Crippen molar-refractivity contribution in [3.05, 3.63) is 0 Å². The van der Waals surface area contributed by atoms with Crippen LogP contribution in [0.25, 0.3) is 0 Å². The van der Waals surface area contributed by atoms with Crippen LogP contribution >= 0.6 is 0 Å². The third-order valence-electron chi connectivity index (χ3n) is 7.28. The van der Waals surface area contributed by atoms with Crippen LogP contribution in [-0.4, -0.2) is 66.5 Å². The van der Waals surface area contributed by atoms with E-state index in [1.807, 2.05) is 0 Å². The second-order valence-electron chi connectivity index (χ2n) is 9.68. The van der Waals surface area contributed by atoms with Gasteiger partial charge in [0.2, 0.25) is 0 Å². The molecule has 0 radical (unpaired) electrons. The van der Waals surface area contributed by atoms with Crippen LogP contribution in [-0.2, 0) is 28.8 Å². The van der Waals surface area contributed by atoms with Crippen LogP contribution in [0.3, 0.4) is 0 Å². The minimum Gasteiger partial charge on any atom is -0.481 e. The first-order valence-corrected chi connectivity index (χ1v) is 12.2. The molecular weight excluding hydrogens is 760 g/mol. The molecule has 3 rings (SSSR count). The van der Waals surface area contributed by atoms with Gasteiger partial charge in [-0.1, -0.05) is 0 Å². The molecule has 0 aliphatic heterocycles. The Hall–Kier alpha value is -0.427. The van der Waals surface area contributed by atoms with Crippen LogP contribution in [0.15, 0.2) is 0 Å². The predicted octanol–water partition coefficient (Wildman–Crippen LogP) is 2.89. The monoisotopic (exact) mass is 796 g/mol. The number of aliphatic carboxylic acids is 6. The second-order valence-corrected chi connectivity index (χ2v) is 9.68. The zero-order chi connectivity index (χ0) is 27.4. The van der Waals surface area contributed by atoms with E-state index in [1.54, 1.807) is 0 Å². The van der Waals surface area contributed by atoms with Gasteiger partial charge in [0.25, 0.3) is 0 Å². The van der Waals surface area contributed by atoms with Crippen molar-refractivity contribution in [3.63, 3.8) is 0 Å². The van der Waals surface area contributed by atoms with E-state index in [-0.39, 0.29) is 119 Å². The van der Waals surface area contributed by atoms with Gasteiger partial charge < -0.3 is 30.6 Å². The molecule has 3 saturated carbocycles. The van der Waals surface area contributed by atoms with Crippen LogP contribution < -0.4 is 0 Å². The number of rotatable bonds is 6. The van der Waals surface area contributed by atoms with E-state index < -0.39 is 35.8 Å². The quantitative estimate of drug-likeness (QED) is 0.228.